The van der Waals surface area contributed by atoms with Gasteiger partial charge in [0.25, 0.3) is 0 Å². The molecule has 0 radical (unpaired) electrons. The molecule has 1 aliphatic heterocycles. The summed E-state index contributed by atoms with van der Waals surface area (Å²) in [6.07, 6.45) is 0.800. The first kappa shape index (κ1) is 19.3. The van der Waals surface area contributed by atoms with E-state index in [1.807, 2.05) is 0 Å². The Hall–Kier alpha value is -0.730. The third-order valence-corrected chi connectivity index (χ3v) is 3.44. The van der Waals surface area contributed by atoms with Gasteiger partial charge in [0.15, 0.2) is 0 Å². The van der Waals surface area contributed by atoms with Gasteiger partial charge in [0.1, 0.15) is 24.4 Å². The SMILES string of the molecule is CCCCO[C@H]1COC[C@H](N)C(=O)O[C@@H](C)[C@@H]1OCCOC. The van der Waals surface area contributed by atoms with Crippen LogP contribution >= 0.6 is 0 Å². The molecular formula is C15H29NO6. The van der Waals surface area contributed by atoms with Gasteiger partial charge in [0.05, 0.1) is 26.4 Å². The highest BCUT2D eigenvalue weighted by Gasteiger charge is 2.34. The normalized spacial score (nSPS) is 30.3. The molecule has 0 unspecified atom stereocenters. The molecule has 0 amide bonds. The molecule has 1 fully saturated rings. The van der Waals surface area contributed by atoms with Crippen LogP contribution in [0.1, 0.15) is 26.7 Å². The summed E-state index contributed by atoms with van der Waals surface area (Å²) in [5.74, 6) is -0.484. The number of carbonyl (C=O) groups excluding carboxylic acids is 1. The average Bonchev–Trinajstić information content (AvgIpc) is 2.53. The summed E-state index contributed by atoms with van der Waals surface area (Å²) in [4.78, 5) is 11.8. The van der Waals surface area contributed by atoms with Gasteiger partial charge in [-0.1, -0.05) is 13.3 Å². The number of carbonyl (C=O) groups is 1. The topological polar surface area (TPSA) is 89.2 Å². The van der Waals surface area contributed by atoms with E-state index in [2.05, 4.69) is 6.92 Å². The van der Waals surface area contributed by atoms with Crippen molar-refractivity contribution in [1.82, 2.24) is 0 Å². The highest BCUT2D eigenvalue weighted by atomic mass is 16.6. The number of cyclic esters (lactones) is 1. The predicted octanol–water partition coefficient (Wildman–Crippen LogP) is 0.493. The van der Waals surface area contributed by atoms with Gasteiger partial charge in [-0.3, -0.25) is 4.79 Å². The lowest BCUT2D eigenvalue weighted by molar-refractivity contribution is -0.168. The fraction of sp³-hybridized carbons (Fsp3) is 0.933. The minimum absolute atomic E-state index is 0.115. The summed E-state index contributed by atoms with van der Waals surface area (Å²) in [6.45, 7) is 5.77. The van der Waals surface area contributed by atoms with Crippen molar-refractivity contribution in [2.75, 3.05) is 40.1 Å². The van der Waals surface area contributed by atoms with Crippen LogP contribution in [0.5, 0.6) is 0 Å². The van der Waals surface area contributed by atoms with E-state index >= 15 is 0 Å². The molecule has 0 saturated carbocycles. The van der Waals surface area contributed by atoms with Gasteiger partial charge in [-0.15, -0.1) is 0 Å². The second kappa shape index (κ2) is 10.9. The van der Waals surface area contributed by atoms with Crippen molar-refractivity contribution >= 4 is 5.97 Å². The summed E-state index contributed by atoms with van der Waals surface area (Å²) in [7, 11) is 1.60. The highest BCUT2D eigenvalue weighted by Crippen LogP contribution is 2.16. The molecule has 0 bridgehead atoms. The van der Waals surface area contributed by atoms with Crippen LogP contribution in [0.2, 0.25) is 0 Å². The van der Waals surface area contributed by atoms with E-state index in [-0.39, 0.29) is 12.7 Å². The number of unbranched alkanes of at least 4 members (excludes halogenated alkanes) is 1. The third-order valence-electron chi connectivity index (χ3n) is 3.44. The predicted molar refractivity (Wildman–Crippen MR) is 80.6 cm³/mol. The van der Waals surface area contributed by atoms with E-state index in [1.165, 1.54) is 0 Å². The lowest BCUT2D eigenvalue weighted by Gasteiger charge is -2.30. The van der Waals surface area contributed by atoms with Crippen LogP contribution in [0.4, 0.5) is 0 Å². The Morgan fingerprint density at radius 3 is 2.68 bits per heavy atom. The maximum atomic E-state index is 11.8. The molecule has 0 aliphatic carbocycles. The van der Waals surface area contributed by atoms with Gasteiger partial charge in [-0.2, -0.15) is 0 Å². The summed E-state index contributed by atoms with van der Waals surface area (Å²) in [5.41, 5.74) is 5.71. The molecule has 2 N–H and O–H groups in total. The van der Waals surface area contributed by atoms with E-state index in [4.69, 9.17) is 29.4 Å². The standard InChI is InChI=1S/C15H29NO6/c1-4-5-6-20-13-10-19-9-12(16)15(17)22-11(2)14(13)21-8-7-18-3/h11-14H,4-10,16H2,1-3H3/t11-,12-,13-,14-/m0/s1. The Kier molecular flexibility index (Phi) is 9.58. The molecule has 0 aromatic heterocycles. The van der Waals surface area contributed by atoms with Crippen LogP contribution in [0.25, 0.3) is 0 Å². The van der Waals surface area contributed by atoms with Crippen LogP contribution in [-0.2, 0) is 28.5 Å². The average molecular weight is 319 g/mol. The number of nitrogens with two attached hydrogens (primary N) is 1. The number of hydrogen-bond acceptors (Lipinski definition) is 7. The number of hydrogen-bond donors (Lipinski definition) is 1. The molecule has 4 atom stereocenters. The second-order valence-corrected chi connectivity index (χ2v) is 5.38. The molecule has 7 heteroatoms. The molecule has 1 heterocycles. The maximum absolute atomic E-state index is 11.8. The Balaban J connectivity index is 2.72. The number of rotatable bonds is 8. The Bertz CT molecular complexity index is 314. The Morgan fingerprint density at radius 1 is 1.23 bits per heavy atom. The van der Waals surface area contributed by atoms with Crippen LogP contribution in [-0.4, -0.2) is 70.5 Å². The fourth-order valence-corrected chi connectivity index (χ4v) is 2.15. The van der Waals surface area contributed by atoms with Crippen molar-refractivity contribution in [3.05, 3.63) is 0 Å². The highest BCUT2D eigenvalue weighted by molar-refractivity contribution is 5.75. The van der Waals surface area contributed by atoms with Crippen LogP contribution < -0.4 is 5.73 Å². The second-order valence-electron chi connectivity index (χ2n) is 5.38. The van der Waals surface area contributed by atoms with Crippen molar-refractivity contribution < 1.29 is 28.5 Å². The van der Waals surface area contributed by atoms with Gasteiger partial charge in [-0.05, 0) is 13.3 Å². The molecule has 0 aromatic rings. The van der Waals surface area contributed by atoms with E-state index in [9.17, 15) is 4.79 Å². The summed E-state index contributed by atoms with van der Waals surface area (Å²) in [5, 5.41) is 0. The van der Waals surface area contributed by atoms with Crippen molar-refractivity contribution in [2.24, 2.45) is 5.73 Å². The quantitative estimate of drug-likeness (QED) is 0.514. The molecule has 130 valence electrons. The number of methoxy groups -OCH3 is 1. The zero-order valence-electron chi connectivity index (χ0n) is 13.8. The summed E-state index contributed by atoms with van der Waals surface area (Å²) >= 11 is 0. The van der Waals surface area contributed by atoms with Gasteiger partial charge in [0, 0.05) is 13.7 Å². The molecule has 1 saturated heterocycles. The Labute approximate surface area is 132 Å². The smallest absolute Gasteiger partial charge is 0.325 e. The lowest BCUT2D eigenvalue weighted by atomic mass is 10.1. The zero-order valence-corrected chi connectivity index (χ0v) is 13.8. The maximum Gasteiger partial charge on any atom is 0.325 e. The lowest BCUT2D eigenvalue weighted by Crippen LogP contribution is -2.45. The third kappa shape index (κ3) is 6.58. The number of ether oxygens (including phenoxy) is 5. The minimum Gasteiger partial charge on any atom is -0.459 e. The molecule has 0 spiro atoms. The zero-order chi connectivity index (χ0) is 16.4. The molecule has 1 rings (SSSR count). The van der Waals surface area contributed by atoms with Gasteiger partial charge in [0.2, 0.25) is 0 Å². The molecular weight excluding hydrogens is 290 g/mol. The monoisotopic (exact) mass is 319 g/mol. The first-order valence-corrected chi connectivity index (χ1v) is 7.86. The van der Waals surface area contributed by atoms with Crippen molar-refractivity contribution in [2.45, 2.75) is 51.0 Å². The molecule has 1 aliphatic rings. The van der Waals surface area contributed by atoms with Gasteiger partial charge >= 0.3 is 5.97 Å². The largest absolute Gasteiger partial charge is 0.459 e. The van der Waals surface area contributed by atoms with E-state index in [0.29, 0.717) is 26.4 Å². The van der Waals surface area contributed by atoms with Crippen LogP contribution in [0.3, 0.4) is 0 Å². The van der Waals surface area contributed by atoms with E-state index in [1.54, 1.807) is 14.0 Å². The van der Waals surface area contributed by atoms with E-state index < -0.39 is 24.2 Å². The minimum atomic E-state index is -0.781. The van der Waals surface area contributed by atoms with Crippen molar-refractivity contribution in [3.8, 4) is 0 Å². The van der Waals surface area contributed by atoms with Crippen molar-refractivity contribution in [3.63, 3.8) is 0 Å². The van der Waals surface area contributed by atoms with Gasteiger partial charge < -0.3 is 29.4 Å². The summed E-state index contributed by atoms with van der Waals surface area (Å²) in [6, 6.07) is -0.781. The fourth-order valence-electron chi connectivity index (χ4n) is 2.15. The molecule has 0 aromatic carbocycles. The number of esters is 1. The van der Waals surface area contributed by atoms with Crippen molar-refractivity contribution in [1.29, 1.82) is 0 Å². The van der Waals surface area contributed by atoms with E-state index in [0.717, 1.165) is 12.8 Å². The Morgan fingerprint density at radius 2 is 2.00 bits per heavy atom. The van der Waals surface area contributed by atoms with Crippen LogP contribution in [0.15, 0.2) is 0 Å². The van der Waals surface area contributed by atoms with Crippen LogP contribution in [0, 0.1) is 0 Å². The molecule has 22 heavy (non-hydrogen) atoms. The molecule has 7 nitrogen and oxygen atoms in total. The first-order chi connectivity index (χ1) is 10.6. The first-order valence-electron chi connectivity index (χ1n) is 7.86. The summed E-state index contributed by atoms with van der Waals surface area (Å²) < 4.78 is 27.6. The van der Waals surface area contributed by atoms with Gasteiger partial charge in [-0.25, -0.2) is 0 Å².